The van der Waals surface area contributed by atoms with Gasteiger partial charge in [0.05, 0.1) is 11.6 Å². The van der Waals surface area contributed by atoms with E-state index in [1.807, 2.05) is 12.1 Å². The lowest BCUT2D eigenvalue weighted by atomic mass is 10.1. The molecule has 1 heterocycles. The fourth-order valence-electron chi connectivity index (χ4n) is 1.53. The Morgan fingerprint density at radius 3 is 2.73 bits per heavy atom. The van der Waals surface area contributed by atoms with E-state index < -0.39 is 0 Å². The average molecular weight is 205 g/mol. The van der Waals surface area contributed by atoms with Crippen LogP contribution in [0.2, 0.25) is 0 Å². The zero-order chi connectivity index (χ0) is 10.8. The quantitative estimate of drug-likeness (QED) is 0.804. The second kappa shape index (κ2) is 3.93. The summed E-state index contributed by atoms with van der Waals surface area (Å²) < 4.78 is 5.48. The van der Waals surface area contributed by atoms with Gasteiger partial charge in [-0.2, -0.15) is 0 Å². The van der Waals surface area contributed by atoms with Gasteiger partial charge in [0, 0.05) is 0 Å². The highest BCUT2D eigenvalue weighted by atomic mass is 16.5. The van der Waals surface area contributed by atoms with Gasteiger partial charge in [-0.05, 0) is 18.1 Å². The summed E-state index contributed by atoms with van der Waals surface area (Å²) in [6.07, 6.45) is 0. The van der Waals surface area contributed by atoms with E-state index in [-0.39, 0.29) is 11.8 Å². The summed E-state index contributed by atoms with van der Waals surface area (Å²) in [5, 5.41) is 9.63. The normalized spacial score (nSPS) is 20.2. The lowest BCUT2D eigenvalue weighted by Crippen LogP contribution is -2.13. The van der Waals surface area contributed by atoms with Crippen LogP contribution < -0.4 is 0 Å². The Morgan fingerprint density at radius 2 is 2.13 bits per heavy atom. The van der Waals surface area contributed by atoms with Crippen LogP contribution in [-0.4, -0.2) is 23.7 Å². The number of hydrogen-bond donors (Lipinski definition) is 1. The van der Waals surface area contributed by atoms with Crippen LogP contribution >= 0.6 is 0 Å². The molecule has 1 atom stereocenters. The van der Waals surface area contributed by atoms with E-state index in [0.29, 0.717) is 24.0 Å². The van der Waals surface area contributed by atoms with E-state index in [0.717, 1.165) is 0 Å². The van der Waals surface area contributed by atoms with Crippen molar-refractivity contribution >= 4 is 5.90 Å². The third-order valence-corrected chi connectivity index (χ3v) is 2.58. The lowest BCUT2D eigenvalue weighted by molar-refractivity contribution is 0.291. The van der Waals surface area contributed by atoms with E-state index in [9.17, 15) is 5.11 Å². The highest BCUT2D eigenvalue weighted by Gasteiger charge is 2.23. The molecule has 3 heteroatoms. The molecule has 0 bridgehead atoms. The average Bonchev–Trinajstić information content (AvgIpc) is 2.67. The second-order valence-electron chi connectivity index (χ2n) is 4.07. The van der Waals surface area contributed by atoms with Crippen LogP contribution in [0, 0.1) is 5.92 Å². The van der Waals surface area contributed by atoms with E-state index in [2.05, 4.69) is 18.8 Å². The minimum atomic E-state index is 0.208. The van der Waals surface area contributed by atoms with Crippen LogP contribution in [0.25, 0.3) is 0 Å². The number of phenolic OH excluding ortho intramolecular Hbond substituents is 1. The first-order valence-corrected chi connectivity index (χ1v) is 5.17. The van der Waals surface area contributed by atoms with Crippen molar-refractivity contribution in [2.75, 3.05) is 6.61 Å². The molecule has 0 saturated carbocycles. The van der Waals surface area contributed by atoms with Gasteiger partial charge in [0.2, 0.25) is 5.90 Å². The highest BCUT2D eigenvalue weighted by molar-refractivity contribution is 5.97. The maximum Gasteiger partial charge on any atom is 0.220 e. The fraction of sp³-hybridized carbons (Fsp3) is 0.417. The van der Waals surface area contributed by atoms with Crippen LogP contribution in [-0.2, 0) is 4.74 Å². The first-order chi connectivity index (χ1) is 7.18. The van der Waals surface area contributed by atoms with Gasteiger partial charge < -0.3 is 9.84 Å². The first-order valence-electron chi connectivity index (χ1n) is 5.17. The molecule has 0 spiro atoms. The molecule has 0 radical (unpaired) electrons. The smallest absolute Gasteiger partial charge is 0.220 e. The Kier molecular flexibility index (Phi) is 2.62. The van der Waals surface area contributed by atoms with Gasteiger partial charge >= 0.3 is 0 Å². The lowest BCUT2D eigenvalue weighted by Gasteiger charge is -2.06. The third-order valence-electron chi connectivity index (χ3n) is 2.58. The van der Waals surface area contributed by atoms with Crippen molar-refractivity contribution in [3.8, 4) is 5.75 Å². The third kappa shape index (κ3) is 1.96. The topological polar surface area (TPSA) is 41.8 Å². The number of phenols is 1. The molecule has 3 nitrogen and oxygen atoms in total. The van der Waals surface area contributed by atoms with E-state index in [1.165, 1.54) is 0 Å². The van der Waals surface area contributed by atoms with Crippen molar-refractivity contribution in [1.29, 1.82) is 0 Å². The van der Waals surface area contributed by atoms with Crippen molar-refractivity contribution in [1.82, 2.24) is 0 Å². The van der Waals surface area contributed by atoms with Gasteiger partial charge in [-0.25, -0.2) is 4.99 Å². The summed E-state index contributed by atoms with van der Waals surface area (Å²) in [5.74, 6) is 1.25. The van der Waals surface area contributed by atoms with Crippen molar-refractivity contribution in [2.45, 2.75) is 19.9 Å². The predicted octanol–water partition coefficient (Wildman–Crippen LogP) is 2.19. The molecule has 80 valence electrons. The summed E-state index contributed by atoms with van der Waals surface area (Å²) in [6, 6.07) is 7.32. The largest absolute Gasteiger partial charge is 0.507 e. The molecular formula is C12H15NO2. The Bertz CT molecular complexity index is 385. The van der Waals surface area contributed by atoms with Crippen LogP contribution in [0.3, 0.4) is 0 Å². The standard InChI is InChI=1S/C12H15NO2/c1-8(2)10-7-15-12(13-10)9-5-3-4-6-11(9)14/h3-6,8,10,14H,7H2,1-2H3/t10-/m1/s1. The molecule has 2 rings (SSSR count). The summed E-state index contributed by atoms with van der Waals surface area (Å²) in [4.78, 5) is 4.45. The number of benzene rings is 1. The van der Waals surface area contributed by atoms with E-state index in [1.54, 1.807) is 12.1 Å². The highest BCUT2D eigenvalue weighted by Crippen LogP contribution is 2.22. The van der Waals surface area contributed by atoms with Crippen LogP contribution in [0.5, 0.6) is 5.75 Å². The summed E-state index contributed by atoms with van der Waals surface area (Å²) >= 11 is 0. The molecule has 0 aliphatic carbocycles. The maximum absolute atomic E-state index is 9.63. The Labute approximate surface area is 89.4 Å². The first kappa shape index (κ1) is 10.0. The predicted molar refractivity (Wildman–Crippen MR) is 59.2 cm³/mol. The summed E-state index contributed by atoms with van der Waals surface area (Å²) in [6.45, 7) is 4.85. The molecule has 1 aromatic rings. The van der Waals surface area contributed by atoms with Crippen LogP contribution in [0.1, 0.15) is 19.4 Å². The van der Waals surface area contributed by atoms with Gasteiger partial charge in [-0.1, -0.05) is 26.0 Å². The number of aromatic hydroxyl groups is 1. The van der Waals surface area contributed by atoms with Crippen molar-refractivity contribution in [3.63, 3.8) is 0 Å². The number of para-hydroxylation sites is 1. The van der Waals surface area contributed by atoms with Crippen molar-refractivity contribution in [3.05, 3.63) is 29.8 Å². The molecule has 0 fully saturated rings. The SMILES string of the molecule is CC(C)[C@H]1COC(c2ccccc2O)=N1. The molecule has 1 aliphatic heterocycles. The molecule has 1 N–H and O–H groups in total. The minimum absolute atomic E-state index is 0.208. The molecule has 0 amide bonds. The number of ether oxygens (including phenoxy) is 1. The number of rotatable bonds is 2. The molecule has 15 heavy (non-hydrogen) atoms. The van der Waals surface area contributed by atoms with Crippen molar-refractivity contribution < 1.29 is 9.84 Å². The zero-order valence-electron chi connectivity index (χ0n) is 8.97. The van der Waals surface area contributed by atoms with Gasteiger partial charge in [0.25, 0.3) is 0 Å². The Balaban J connectivity index is 2.27. The fourth-order valence-corrected chi connectivity index (χ4v) is 1.53. The van der Waals surface area contributed by atoms with E-state index >= 15 is 0 Å². The van der Waals surface area contributed by atoms with Gasteiger partial charge in [0.15, 0.2) is 0 Å². The zero-order valence-corrected chi connectivity index (χ0v) is 8.97. The van der Waals surface area contributed by atoms with Gasteiger partial charge in [-0.3, -0.25) is 0 Å². The molecule has 1 aromatic carbocycles. The summed E-state index contributed by atoms with van der Waals surface area (Å²) in [5.41, 5.74) is 0.681. The van der Waals surface area contributed by atoms with Crippen LogP contribution in [0.15, 0.2) is 29.3 Å². The Hall–Kier alpha value is -1.51. The van der Waals surface area contributed by atoms with Crippen molar-refractivity contribution in [2.24, 2.45) is 10.9 Å². The second-order valence-corrected chi connectivity index (χ2v) is 4.07. The number of aliphatic imine (C=N–C) groups is 1. The van der Waals surface area contributed by atoms with E-state index in [4.69, 9.17) is 4.74 Å². The Morgan fingerprint density at radius 1 is 1.40 bits per heavy atom. The van der Waals surface area contributed by atoms with Crippen LogP contribution in [0.4, 0.5) is 0 Å². The van der Waals surface area contributed by atoms with Gasteiger partial charge in [0.1, 0.15) is 12.4 Å². The molecule has 0 unspecified atom stereocenters. The van der Waals surface area contributed by atoms with Gasteiger partial charge in [-0.15, -0.1) is 0 Å². The monoisotopic (exact) mass is 205 g/mol. The summed E-state index contributed by atoms with van der Waals surface area (Å²) in [7, 11) is 0. The minimum Gasteiger partial charge on any atom is -0.507 e. The number of hydrogen-bond acceptors (Lipinski definition) is 3. The number of nitrogens with zero attached hydrogens (tertiary/aromatic N) is 1. The maximum atomic E-state index is 9.63. The molecule has 0 saturated heterocycles. The molecule has 1 aliphatic rings. The molecular weight excluding hydrogens is 190 g/mol. The molecule has 0 aromatic heterocycles.